The van der Waals surface area contributed by atoms with Crippen molar-refractivity contribution in [1.82, 2.24) is 0 Å². The molecule has 2 aliphatic rings. The van der Waals surface area contributed by atoms with Gasteiger partial charge in [-0.15, -0.1) is 0 Å². The molecule has 0 heterocycles. The molecule has 8 heteroatoms. The molecule has 0 bridgehead atoms. The maximum atomic E-state index is 14.2. The number of carbonyl (C=O) groups excluding carboxylic acids is 4. The summed E-state index contributed by atoms with van der Waals surface area (Å²) in [7, 11) is 0. The van der Waals surface area contributed by atoms with Gasteiger partial charge in [-0.25, -0.2) is 9.59 Å². The lowest BCUT2D eigenvalue weighted by Gasteiger charge is -2.39. The highest BCUT2D eigenvalue weighted by molar-refractivity contribution is 5.92. The Hall–Kier alpha value is -4.56. The van der Waals surface area contributed by atoms with Crippen molar-refractivity contribution in [2.24, 2.45) is 23.2 Å². The third kappa shape index (κ3) is 8.86. The smallest absolute Gasteiger partial charge is 0.331 e. The summed E-state index contributed by atoms with van der Waals surface area (Å²) in [6.07, 6.45) is 7.28. The van der Waals surface area contributed by atoms with Gasteiger partial charge < -0.3 is 19.3 Å². The fourth-order valence-corrected chi connectivity index (χ4v) is 6.67. The highest BCUT2D eigenvalue weighted by Gasteiger charge is 2.61. The molecule has 0 spiro atoms. The number of carbonyl (C=O) groups is 4. The molecule has 0 aromatic heterocycles. The Morgan fingerprint density at radius 2 is 1.42 bits per heavy atom. The molecule has 8 nitrogen and oxygen atoms in total. The van der Waals surface area contributed by atoms with E-state index in [0.717, 1.165) is 11.1 Å². The van der Waals surface area contributed by atoms with Crippen molar-refractivity contribution in [3.05, 3.63) is 108 Å². The predicted molar refractivity (Wildman–Crippen MR) is 184 cm³/mol. The van der Waals surface area contributed by atoms with Crippen LogP contribution in [0.2, 0.25) is 0 Å². The van der Waals surface area contributed by atoms with Crippen LogP contribution in [-0.4, -0.2) is 52.7 Å². The average molecular weight is 655 g/mol. The molecule has 4 rings (SSSR count). The molecule has 0 saturated heterocycles. The van der Waals surface area contributed by atoms with Crippen molar-refractivity contribution in [2.75, 3.05) is 0 Å². The topological polar surface area (TPSA) is 116 Å². The molecule has 1 saturated carbocycles. The summed E-state index contributed by atoms with van der Waals surface area (Å²) in [5.74, 6) is -4.66. The van der Waals surface area contributed by atoms with E-state index >= 15 is 0 Å². The average Bonchev–Trinajstić information content (AvgIpc) is 3.31. The highest BCUT2D eigenvalue weighted by atomic mass is 16.6. The fraction of sp³-hybridized carbons (Fsp3) is 0.400. The van der Waals surface area contributed by atoms with Gasteiger partial charge in [-0.3, -0.25) is 9.59 Å². The van der Waals surface area contributed by atoms with Crippen LogP contribution in [0.5, 0.6) is 0 Å². The van der Waals surface area contributed by atoms with Crippen LogP contribution in [0.1, 0.15) is 65.0 Å². The Labute approximate surface area is 283 Å². The Bertz CT molecular complexity index is 1570. The number of fused-ring (bicyclic) bond motifs is 1. The van der Waals surface area contributed by atoms with Crippen molar-refractivity contribution in [2.45, 2.75) is 77.8 Å². The first kappa shape index (κ1) is 36.3. The molecule has 0 amide bonds. The predicted octanol–water partition coefficient (Wildman–Crippen LogP) is 6.69. The first-order valence-corrected chi connectivity index (χ1v) is 16.4. The molecule has 1 N–H and O–H groups in total. The second-order valence-corrected chi connectivity index (χ2v) is 13.5. The molecule has 0 radical (unpaired) electrons. The molecule has 2 aliphatic carbocycles. The highest BCUT2D eigenvalue weighted by Crippen LogP contribution is 2.48. The van der Waals surface area contributed by atoms with Crippen molar-refractivity contribution in [3.8, 4) is 0 Å². The summed E-state index contributed by atoms with van der Waals surface area (Å²) in [5.41, 5.74) is -0.647. The molecule has 48 heavy (non-hydrogen) atoms. The number of hydrogen-bond acceptors (Lipinski definition) is 8. The van der Waals surface area contributed by atoms with Gasteiger partial charge in [-0.05, 0) is 54.0 Å². The summed E-state index contributed by atoms with van der Waals surface area (Å²) >= 11 is 0. The van der Waals surface area contributed by atoms with Gasteiger partial charge in [-0.1, -0.05) is 107 Å². The molecular formula is C40H46O8. The van der Waals surface area contributed by atoms with E-state index in [0.29, 0.717) is 12.0 Å². The first-order chi connectivity index (χ1) is 22.7. The van der Waals surface area contributed by atoms with E-state index in [1.165, 1.54) is 19.1 Å². The Balaban J connectivity index is 1.67. The number of allylic oxidation sites excluding steroid dienone is 1. The van der Waals surface area contributed by atoms with E-state index in [1.807, 2.05) is 80.6 Å². The number of benzene rings is 2. The van der Waals surface area contributed by atoms with Crippen LogP contribution < -0.4 is 0 Å². The van der Waals surface area contributed by atoms with Crippen LogP contribution in [0.4, 0.5) is 0 Å². The van der Waals surface area contributed by atoms with Crippen molar-refractivity contribution in [3.63, 3.8) is 0 Å². The van der Waals surface area contributed by atoms with E-state index in [-0.39, 0.29) is 12.8 Å². The zero-order chi connectivity index (χ0) is 35.1. The van der Waals surface area contributed by atoms with Crippen LogP contribution in [0.3, 0.4) is 0 Å². The normalized spacial score (nSPS) is 29.8. The van der Waals surface area contributed by atoms with Gasteiger partial charge in [0.2, 0.25) is 0 Å². The molecule has 0 unspecified atom stereocenters. The van der Waals surface area contributed by atoms with Crippen LogP contribution in [0.25, 0.3) is 12.2 Å². The van der Waals surface area contributed by atoms with Gasteiger partial charge in [0.05, 0.1) is 5.92 Å². The zero-order valence-electron chi connectivity index (χ0n) is 28.3. The molecule has 1 fully saturated rings. The standard InChI is InChI=1S/C40H46O8/c1-26-17-20-32(47-33(42)21-18-30-13-9-7-10-14-30)39(5,6)24-23-27(2)38(44)40(45)25-28(3)37(35(40)36(26)46-29(4)41)48-34(43)22-19-31-15-11-8-12-16-31/h7-16,18-19,21-24,27-28,32,35-37,45H,1,17,20,25H2,2-6H3/b21-18+,22-19+,24-23+/t27-,28-,32-,35-,36-,37-,40+/m1/s1. The number of ketones is 1. The second-order valence-electron chi connectivity index (χ2n) is 13.5. The number of esters is 3. The van der Waals surface area contributed by atoms with Crippen molar-refractivity contribution >= 4 is 35.8 Å². The summed E-state index contributed by atoms with van der Waals surface area (Å²) in [4.78, 5) is 52.8. The van der Waals surface area contributed by atoms with Gasteiger partial charge >= 0.3 is 17.9 Å². The summed E-state index contributed by atoms with van der Waals surface area (Å²) in [5, 5.41) is 12.2. The van der Waals surface area contributed by atoms with Gasteiger partial charge in [0, 0.05) is 30.4 Å². The van der Waals surface area contributed by atoms with E-state index in [9.17, 15) is 24.3 Å². The molecule has 7 atom stereocenters. The second kappa shape index (κ2) is 15.6. The number of aliphatic hydroxyl groups is 1. The first-order valence-electron chi connectivity index (χ1n) is 16.4. The van der Waals surface area contributed by atoms with E-state index in [4.69, 9.17) is 14.2 Å². The number of Topliss-reactive ketones (excluding diaryl/α,β-unsaturated/α-hetero) is 1. The molecule has 2 aromatic rings. The van der Waals surface area contributed by atoms with Gasteiger partial charge in [0.15, 0.2) is 5.78 Å². The SMILES string of the molecule is C=C1CC[C@@H](OC(=O)/C=C/c2ccccc2)C(C)(C)/C=C/[C@@H](C)C(=O)[C@]2(O)C[C@@H](C)[C@@H](OC(=O)/C=C/c3ccccc3)[C@H]2[C@@H]1OC(C)=O. The largest absolute Gasteiger partial charge is 0.458 e. The van der Waals surface area contributed by atoms with Crippen molar-refractivity contribution < 1.29 is 38.5 Å². The van der Waals surface area contributed by atoms with Crippen LogP contribution in [0, 0.1) is 23.2 Å². The summed E-state index contributed by atoms with van der Waals surface area (Å²) < 4.78 is 17.8. The zero-order valence-corrected chi connectivity index (χ0v) is 28.3. The maximum Gasteiger partial charge on any atom is 0.331 e. The summed E-state index contributed by atoms with van der Waals surface area (Å²) in [6, 6.07) is 18.6. The number of ether oxygens (including phenoxy) is 3. The minimum atomic E-state index is -1.99. The fourth-order valence-electron chi connectivity index (χ4n) is 6.67. The molecule has 254 valence electrons. The van der Waals surface area contributed by atoms with Crippen LogP contribution >= 0.6 is 0 Å². The number of rotatable bonds is 7. The minimum absolute atomic E-state index is 0.00253. The molecular weight excluding hydrogens is 608 g/mol. The number of hydrogen-bond donors (Lipinski definition) is 1. The lowest BCUT2D eigenvalue weighted by atomic mass is 9.73. The van der Waals surface area contributed by atoms with E-state index in [2.05, 4.69) is 6.58 Å². The quantitative estimate of drug-likeness (QED) is 0.152. The Kier molecular flexibility index (Phi) is 11.8. The van der Waals surface area contributed by atoms with Crippen molar-refractivity contribution in [1.29, 1.82) is 0 Å². The third-order valence-electron chi connectivity index (χ3n) is 9.27. The summed E-state index contributed by atoms with van der Waals surface area (Å²) in [6.45, 7) is 12.8. The van der Waals surface area contributed by atoms with Crippen LogP contribution in [-0.2, 0) is 33.4 Å². The van der Waals surface area contributed by atoms with E-state index in [1.54, 1.807) is 32.1 Å². The van der Waals surface area contributed by atoms with Gasteiger partial charge in [0.25, 0.3) is 0 Å². The van der Waals surface area contributed by atoms with E-state index < -0.39 is 70.8 Å². The Morgan fingerprint density at radius 1 is 0.875 bits per heavy atom. The lowest BCUT2D eigenvalue weighted by Crippen LogP contribution is -2.54. The Morgan fingerprint density at radius 3 is 1.96 bits per heavy atom. The monoisotopic (exact) mass is 654 g/mol. The van der Waals surface area contributed by atoms with Gasteiger partial charge in [0.1, 0.15) is 23.9 Å². The molecule has 2 aromatic carbocycles. The molecule has 0 aliphatic heterocycles. The van der Waals surface area contributed by atoms with Gasteiger partial charge in [-0.2, -0.15) is 0 Å². The maximum absolute atomic E-state index is 14.2. The lowest BCUT2D eigenvalue weighted by molar-refractivity contribution is -0.170. The minimum Gasteiger partial charge on any atom is -0.458 e. The third-order valence-corrected chi connectivity index (χ3v) is 9.27. The van der Waals surface area contributed by atoms with Crippen LogP contribution in [0.15, 0.2) is 97.1 Å².